The van der Waals surface area contributed by atoms with Gasteiger partial charge in [0.15, 0.2) is 0 Å². The van der Waals surface area contributed by atoms with E-state index in [1.807, 2.05) is 24.3 Å². The molecule has 0 aromatic heterocycles. The van der Waals surface area contributed by atoms with Gasteiger partial charge in [-0.2, -0.15) is 0 Å². The lowest BCUT2D eigenvalue weighted by molar-refractivity contribution is -0.121. The third kappa shape index (κ3) is 5.50. The van der Waals surface area contributed by atoms with Crippen LogP contribution in [0.5, 0.6) is 0 Å². The van der Waals surface area contributed by atoms with Crippen molar-refractivity contribution >= 4 is 5.91 Å². The molecule has 3 N–H and O–H groups in total. The van der Waals surface area contributed by atoms with Gasteiger partial charge in [0.05, 0.1) is 0 Å². The predicted molar refractivity (Wildman–Crippen MR) is 70.3 cm³/mol. The zero-order chi connectivity index (χ0) is 12.5. The van der Waals surface area contributed by atoms with Crippen LogP contribution >= 0.6 is 0 Å². The summed E-state index contributed by atoms with van der Waals surface area (Å²) in [5, 5.41) is 2.93. The normalized spacial score (nSPS) is 10.2. The first-order chi connectivity index (χ1) is 8.26. The van der Waals surface area contributed by atoms with Gasteiger partial charge in [0.2, 0.25) is 5.91 Å². The molecule has 1 rings (SSSR count). The lowest BCUT2D eigenvalue weighted by Crippen LogP contribution is -2.22. The Balaban J connectivity index is 2.27. The molecule has 94 valence electrons. The van der Waals surface area contributed by atoms with Crippen molar-refractivity contribution in [1.29, 1.82) is 0 Å². The summed E-state index contributed by atoms with van der Waals surface area (Å²) in [7, 11) is 0. The molecule has 0 saturated carbocycles. The summed E-state index contributed by atoms with van der Waals surface area (Å²) >= 11 is 0. The van der Waals surface area contributed by atoms with Crippen LogP contribution in [0.2, 0.25) is 0 Å². The van der Waals surface area contributed by atoms with Crippen LogP contribution in [-0.2, 0) is 17.9 Å². The number of nitrogens with two attached hydrogens (primary N) is 1. The van der Waals surface area contributed by atoms with E-state index >= 15 is 0 Å². The number of benzene rings is 1. The molecule has 3 nitrogen and oxygen atoms in total. The van der Waals surface area contributed by atoms with E-state index in [0.717, 1.165) is 30.4 Å². The molecule has 3 heteroatoms. The summed E-state index contributed by atoms with van der Waals surface area (Å²) < 4.78 is 0. The molecule has 17 heavy (non-hydrogen) atoms. The van der Waals surface area contributed by atoms with Crippen LogP contribution in [0.15, 0.2) is 24.3 Å². The van der Waals surface area contributed by atoms with E-state index in [1.54, 1.807) is 0 Å². The Morgan fingerprint density at radius 2 is 1.82 bits per heavy atom. The molecule has 0 bridgehead atoms. The average Bonchev–Trinajstić information content (AvgIpc) is 2.37. The number of hydrogen-bond acceptors (Lipinski definition) is 2. The van der Waals surface area contributed by atoms with Crippen molar-refractivity contribution in [2.24, 2.45) is 5.73 Å². The molecular weight excluding hydrogens is 212 g/mol. The average molecular weight is 234 g/mol. The number of carbonyl (C=O) groups is 1. The molecule has 1 aromatic carbocycles. The Bertz CT molecular complexity index is 333. The first-order valence-corrected chi connectivity index (χ1v) is 6.31. The fraction of sp³-hybridized carbons (Fsp3) is 0.500. The van der Waals surface area contributed by atoms with Gasteiger partial charge < -0.3 is 11.1 Å². The Labute approximate surface area is 103 Å². The third-order valence-corrected chi connectivity index (χ3v) is 2.76. The molecule has 0 fully saturated rings. The third-order valence-electron chi connectivity index (χ3n) is 2.76. The molecule has 1 amide bonds. The van der Waals surface area contributed by atoms with Gasteiger partial charge in [0.1, 0.15) is 0 Å². The zero-order valence-electron chi connectivity index (χ0n) is 10.5. The molecule has 1 aromatic rings. The lowest BCUT2D eigenvalue weighted by atomic mass is 10.1. The Morgan fingerprint density at radius 1 is 1.18 bits per heavy atom. The highest BCUT2D eigenvalue weighted by Gasteiger charge is 2.00. The van der Waals surface area contributed by atoms with Gasteiger partial charge in [-0.3, -0.25) is 4.79 Å². The number of carbonyl (C=O) groups excluding carboxylic acids is 1. The Hall–Kier alpha value is -1.35. The van der Waals surface area contributed by atoms with Crippen molar-refractivity contribution < 1.29 is 4.79 Å². The topological polar surface area (TPSA) is 55.1 Å². The summed E-state index contributed by atoms with van der Waals surface area (Å²) in [4.78, 5) is 11.5. The van der Waals surface area contributed by atoms with Crippen molar-refractivity contribution in [3.05, 3.63) is 35.4 Å². The van der Waals surface area contributed by atoms with Crippen LogP contribution in [0.3, 0.4) is 0 Å². The second kappa shape index (κ2) is 7.85. The van der Waals surface area contributed by atoms with E-state index in [4.69, 9.17) is 5.73 Å². The van der Waals surface area contributed by atoms with Crippen molar-refractivity contribution in [2.45, 2.75) is 45.7 Å². The Morgan fingerprint density at radius 3 is 2.41 bits per heavy atom. The lowest BCUT2D eigenvalue weighted by Gasteiger charge is -2.05. The summed E-state index contributed by atoms with van der Waals surface area (Å²) in [5.74, 6) is 0.140. The second-order valence-electron chi connectivity index (χ2n) is 4.25. The first-order valence-electron chi connectivity index (χ1n) is 6.31. The van der Waals surface area contributed by atoms with Crippen molar-refractivity contribution in [1.82, 2.24) is 5.32 Å². The highest BCUT2D eigenvalue weighted by molar-refractivity contribution is 5.75. The maximum Gasteiger partial charge on any atom is 0.220 e. The minimum absolute atomic E-state index is 0.140. The number of nitrogens with one attached hydrogen (secondary N) is 1. The number of rotatable bonds is 7. The van der Waals surface area contributed by atoms with Crippen LogP contribution in [0.1, 0.15) is 43.7 Å². The van der Waals surface area contributed by atoms with Crippen LogP contribution in [0.25, 0.3) is 0 Å². The monoisotopic (exact) mass is 234 g/mol. The molecule has 0 aliphatic carbocycles. The molecule has 0 radical (unpaired) electrons. The maximum atomic E-state index is 11.5. The summed E-state index contributed by atoms with van der Waals surface area (Å²) in [6.07, 6.45) is 3.88. The Kier molecular flexibility index (Phi) is 6.33. The van der Waals surface area contributed by atoms with E-state index in [1.165, 1.54) is 0 Å². The number of amides is 1. The minimum atomic E-state index is 0.140. The number of unbranched alkanes of at least 4 members (excludes halogenated alkanes) is 2. The molecule has 0 atom stereocenters. The SMILES string of the molecule is CCCCCC(=O)NCc1ccc(CN)cc1. The summed E-state index contributed by atoms with van der Waals surface area (Å²) in [6, 6.07) is 8.01. The molecule has 0 spiro atoms. The quantitative estimate of drug-likeness (QED) is 0.711. The molecule has 0 aliphatic heterocycles. The fourth-order valence-corrected chi connectivity index (χ4v) is 1.62. The van der Waals surface area contributed by atoms with E-state index in [0.29, 0.717) is 19.5 Å². The van der Waals surface area contributed by atoms with E-state index in [2.05, 4.69) is 12.2 Å². The molecule has 0 unspecified atom stereocenters. The van der Waals surface area contributed by atoms with Gasteiger partial charge in [-0.15, -0.1) is 0 Å². The van der Waals surface area contributed by atoms with Crippen LogP contribution in [0.4, 0.5) is 0 Å². The first kappa shape index (κ1) is 13.7. The van der Waals surface area contributed by atoms with Gasteiger partial charge in [0, 0.05) is 19.5 Å². The summed E-state index contributed by atoms with van der Waals surface area (Å²) in [6.45, 7) is 3.30. The molecule has 0 aliphatic rings. The molecule has 0 saturated heterocycles. The van der Waals surface area contributed by atoms with Crippen LogP contribution < -0.4 is 11.1 Å². The van der Waals surface area contributed by atoms with Crippen LogP contribution in [-0.4, -0.2) is 5.91 Å². The molecular formula is C14H22N2O. The zero-order valence-corrected chi connectivity index (χ0v) is 10.5. The highest BCUT2D eigenvalue weighted by Crippen LogP contribution is 2.04. The van der Waals surface area contributed by atoms with E-state index in [-0.39, 0.29) is 5.91 Å². The van der Waals surface area contributed by atoms with Gasteiger partial charge >= 0.3 is 0 Å². The smallest absolute Gasteiger partial charge is 0.220 e. The van der Waals surface area contributed by atoms with Crippen molar-refractivity contribution in [3.8, 4) is 0 Å². The van der Waals surface area contributed by atoms with Gasteiger partial charge in [0.25, 0.3) is 0 Å². The minimum Gasteiger partial charge on any atom is -0.352 e. The second-order valence-corrected chi connectivity index (χ2v) is 4.25. The molecule has 0 heterocycles. The van der Waals surface area contributed by atoms with Gasteiger partial charge in [-0.05, 0) is 17.5 Å². The van der Waals surface area contributed by atoms with Gasteiger partial charge in [-0.25, -0.2) is 0 Å². The standard InChI is InChI=1S/C14H22N2O/c1-2-3-4-5-14(17)16-11-13-8-6-12(10-15)7-9-13/h6-9H,2-5,10-11,15H2,1H3,(H,16,17). The maximum absolute atomic E-state index is 11.5. The van der Waals surface area contributed by atoms with Crippen molar-refractivity contribution in [2.75, 3.05) is 0 Å². The number of hydrogen-bond donors (Lipinski definition) is 2. The van der Waals surface area contributed by atoms with E-state index in [9.17, 15) is 4.79 Å². The van der Waals surface area contributed by atoms with Gasteiger partial charge in [-0.1, -0.05) is 44.0 Å². The summed E-state index contributed by atoms with van der Waals surface area (Å²) in [5.41, 5.74) is 7.75. The van der Waals surface area contributed by atoms with Crippen LogP contribution in [0, 0.1) is 0 Å². The fourth-order valence-electron chi connectivity index (χ4n) is 1.62. The van der Waals surface area contributed by atoms with E-state index < -0.39 is 0 Å². The largest absolute Gasteiger partial charge is 0.352 e. The van der Waals surface area contributed by atoms with Crippen molar-refractivity contribution in [3.63, 3.8) is 0 Å². The predicted octanol–water partition coefficient (Wildman–Crippen LogP) is 2.34. The highest BCUT2D eigenvalue weighted by atomic mass is 16.1.